The van der Waals surface area contributed by atoms with Crippen molar-refractivity contribution in [3.05, 3.63) is 24.2 Å². The van der Waals surface area contributed by atoms with Crippen molar-refractivity contribution in [3.63, 3.8) is 0 Å². The molecule has 3 nitrogen and oxygen atoms in total. The summed E-state index contributed by atoms with van der Waals surface area (Å²) in [5.74, 6) is 0.793. The molecular formula is C14H24N2O. The first kappa shape index (κ1) is 12.7. The van der Waals surface area contributed by atoms with E-state index < -0.39 is 0 Å². The molecule has 96 valence electrons. The summed E-state index contributed by atoms with van der Waals surface area (Å²) >= 11 is 0. The summed E-state index contributed by atoms with van der Waals surface area (Å²) in [4.78, 5) is 2.51. The fraction of sp³-hybridized carbons (Fsp3) is 0.714. The quantitative estimate of drug-likeness (QED) is 0.870. The van der Waals surface area contributed by atoms with Crippen LogP contribution in [0.3, 0.4) is 0 Å². The SMILES string of the molecule is CC(C)(C)NCC1CCN(Cc2ccoc2)C1. The number of rotatable bonds is 4. The lowest BCUT2D eigenvalue weighted by Crippen LogP contribution is -2.39. The molecule has 0 radical (unpaired) electrons. The van der Waals surface area contributed by atoms with Crippen molar-refractivity contribution in [1.82, 2.24) is 10.2 Å². The van der Waals surface area contributed by atoms with Crippen LogP contribution < -0.4 is 5.32 Å². The highest BCUT2D eigenvalue weighted by Crippen LogP contribution is 2.18. The van der Waals surface area contributed by atoms with Gasteiger partial charge in [0.2, 0.25) is 0 Å². The Morgan fingerprint density at radius 2 is 2.29 bits per heavy atom. The molecule has 1 aromatic heterocycles. The van der Waals surface area contributed by atoms with Crippen LogP contribution in [0.1, 0.15) is 32.8 Å². The van der Waals surface area contributed by atoms with E-state index in [1.54, 1.807) is 6.26 Å². The fourth-order valence-corrected chi connectivity index (χ4v) is 2.31. The second-order valence-corrected chi connectivity index (χ2v) is 6.15. The summed E-state index contributed by atoms with van der Waals surface area (Å²) in [6.07, 6.45) is 4.91. The van der Waals surface area contributed by atoms with Gasteiger partial charge in [-0.3, -0.25) is 4.90 Å². The van der Waals surface area contributed by atoms with Gasteiger partial charge in [-0.05, 0) is 52.3 Å². The average Bonchev–Trinajstić information content (AvgIpc) is 2.86. The summed E-state index contributed by atoms with van der Waals surface area (Å²) in [5, 5.41) is 3.60. The van der Waals surface area contributed by atoms with Crippen LogP contribution in [-0.2, 0) is 6.54 Å². The summed E-state index contributed by atoms with van der Waals surface area (Å²) in [6.45, 7) is 11.3. The van der Waals surface area contributed by atoms with Gasteiger partial charge < -0.3 is 9.73 Å². The number of likely N-dealkylation sites (tertiary alicyclic amines) is 1. The van der Waals surface area contributed by atoms with E-state index in [4.69, 9.17) is 4.42 Å². The minimum absolute atomic E-state index is 0.234. The molecule has 0 aromatic carbocycles. The third-order valence-electron chi connectivity index (χ3n) is 3.28. The molecule has 1 fully saturated rings. The average molecular weight is 236 g/mol. The van der Waals surface area contributed by atoms with E-state index in [1.165, 1.54) is 25.1 Å². The Kier molecular flexibility index (Phi) is 3.89. The molecule has 1 atom stereocenters. The summed E-state index contributed by atoms with van der Waals surface area (Å²) in [5.41, 5.74) is 1.52. The molecule has 2 rings (SSSR count). The molecule has 0 bridgehead atoms. The molecule has 1 aliphatic rings. The maximum Gasteiger partial charge on any atom is 0.0947 e. The molecule has 1 saturated heterocycles. The molecule has 0 amide bonds. The minimum Gasteiger partial charge on any atom is -0.472 e. The number of nitrogens with one attached hydrogen (secondary N) is 1. The van der Waals surface area contributed by atoms with Crippen molar-refractivity contribution in [2.45, 2.75) is 39.3 Å². The van der Waals surface area contributed by atoms with E-state index in [0.29, 0.717) is 0 Å². The predicted octanol–water partition coefficient (Wildman–Crippen LogP) is 2.49. The van der Waals surface area contributed by atoms with Crippen molar-refractivity contribution >= 4 is 0 Å². The molecule has 17 heavy (non-hydrogen) atoms. The van der Waals surface area contributed by atoms with Crippen molar-refractivity contribution in [3.8, 4) is 0 Å². The van der Waals surface area contributed by atoms with E-state index >= 15 is 0 Å². The molecule has 1 aromatic rings. The standard InChI is InChI=1S/C14H24N2O/c1-14(2,3)15-8-12-4-6-16(9-12)10-13-5-7-17-11-13/h5,7,11-12,15H,4,6,8-10H2,1-3H3. The van der Waals surface area contributed by atoms with Gasteiger partial charge in [0, 0.05) is 24.2 Å². The van der Waals surface area contributed by atoms with Gasteiger partial charge in [0.1, 0.15) is 0 Å². The maximum absolute atomic E-state index is 5.10. The highest BCUT2D eigenvalue weighted by atomic mass is 16.3. The van der Waals surface area contributed by atoms with E-state index in [0.717, 1.165) is 19.0 Å². The van der Waals surface area contributed by atoms with Gasteiger partial charge in [0.25, 0.3) is 0 Å². The lowest BCUT2D eigenvalue weighted by Gasteiger charge is -2.23. The molecule has 0 spiro atoms. The number of hydrogen-bond donors (Lipinski definition) is 1. The van der Waals surface area contributed by atoms with Crippen molar-refractivity contribution < 1.29 is 4.42 Å². The van der Waals surface area contributed by atoms with Gasteiger partial charge in [0.15, 0.2) is 0 Å². The molecule has 1 N–H and O–H groups in total. The van der Waals surface area contributed by atoms with E-state index in [1.807, 2.05) is 6.26 Å². The van der Waals surface area contributed by atoms with E-state index in [2.05, 4.69) is 37.1 Å². The Bertz CT molecular complexity index is 326. The Labute approximate surface area is 104 Å². The molecule has 1 aliphatic heterocycles. The van der Waals surface area contributed by atoms with Crippen LogP contribution in [0.25, 0.3) is 0 Å². The van der Waals surface area contributed by atoms with Gasteiger partial charge in [-0.1, -0.05) is 0 Å². The Hall–Kier alpha value is -0.800. The first-order chi connectivity index (χ1) is 8.03. The Morgan fingerprint density at radius 3 is 2.94 bits per heavy atom. The lowest BCUT2D eigenvalue weighted by atomic mass is 10.1. The molecule has 1 unspecified atom stereocenters. The maximum atomic E-state index is 5.10. The van der Waals surface area contributed by atoms with Crippen molar-refractivity contribution in [2.75, 3.05) is 19.6 Å². The normalized spacial score (nSPS) is 22.2. The monoisotopic (exact) mass is 236 g/mol. The first-order valence-corrected chi connectivity index (χ1v) is 6.51. The van der Waals surface area contributed by atoms with Crippen molar-refractivity contribution in [2.24, 2.45) is 5.92 Å². The van der Waals surface area contributed by atoms with Gasteiger partial charge >= 0.3 is 0 Å². The third-order valence-corrected chi connectivity index (χ3v) is 3.28. The van der Waals surface area contributed by atoms with Gasteiger partial charge in [-0.2, -0.15) is 0 Å². The van der Waals surface area contributed by atoms with Crippen LogP contribution in [0.15, 0.2) is 23.0 Å². The van der Waals surface area contributed by atoms with E-state index in [9.17, 15) is 0 Å². The molecular weight excluding hydrogens is 212 g/mol. The highest BCUT2D eigenvalue weighted by molar-refractivity contribution is 5.05. The van der Waals surface area contributed by atoms with E-state index in [-0.39, 0.29) is 5.54 Å². The fourth-order valence-electron chi connectivity index (χ4n) is 2.31. The van der Waals surface area contributed by atoms with Crippen LogP contribution in [0, 0.1) is 5.92 Å². The number of nitrogens with zero attached hydrogens (tertiary/aromatic N) is 1. The molecule has 2 heterocycles. The minimum atomic E-state index is 0.234. The second-order valence-electron chi connectivity index (χ2n) is 6.15. The van der Waals surface area contributed by atoms with Crippen LogP contribution in [0.2, 0.25) is 0 Å². The summed E-state index contributed by atoms with van der Waals surface area (Å²) in [6, 6.07) is 2.06. The van der Waals surface area contributed by atoms with Crippen LogP contribution in [-0.4, -0.2) is 30.1 Å². The largest absolute Gasteiger partial charge is 0.472 e. The van der Waals surface area contributed by atoms with Crippen LogP contribution >= 0.6 is 0 Å². The Balaban J connectivity index is 1.72. The first-order valence-electron chi connectivity index (χ1n) is 6.51. The van der Waals surface area contributed by atoms with Gasteiger partial charge in [-0.25, -0.2) is 0 Å². The molecule has 0 aliphatic carbocycles. The zero-order valence-corrected chi connectivity index (χ0v) is 11.2. The summed E-state index contributed by atoms with van der Waals surface area (Å²) < 4.78 is 5.10. The summed E-state index contributed by atoms with van der Waals surface area (Å²) in [7, 11) is 0. The topological polar surface area (TPSA) is 28.4 Å². The van der Waals surface area contributed by atoms with Gasteiger partial charge in [0.05, 0.1) is 12.5 Å². The second kappa shape index (κ2) is 5.23. The van der Waals surface area contributed by atoms with Crippen LogP contribution in [0.5, 0.6) is 0 Å². The number of furan rings is 1. The number of hydrogen-bond acceptors (Lipinski definition) is 3. The van der Waals surface area contributed by atoms with Crippen molar-refractivity contribution in [1.29, 1.82) is 0 Å². The zero-order valence-electron chi connectivity index (χ0n) is 11.2. The predicted molar refractivity (Wildman–Crippen MR) is 69.8 cm³/mol. The van der Waals surface area contributed by atoms with Crippen LogP contribution in [0.4, 0.5) is 0 Å². The molecule has 0 saturated carbocycles. The smallest absolute Gasteiger partial charge is 0.0947 e. The highest BCUT2D eigenvalue weighted by Gasteiger charge is 2.23. The lowest BCUT2D eigenvalue weighted by molar-refractivity contribution is 0.304. The van der Waals surface area contributed by atoms with Gasteiger partial charge in [-0.15, -0.1) is 0 Å². The Morgan fingerprint density at radius 1 is 1.47 bits per heavy atom. The zero-order chi connectivity index (χ0) is 12.3. The molecule has 3 heteroatoms. The third kappa shape index (κ3) is 4.17.